The van der Waals surface area contributed by atoms with Crippen molar-refractivity contribution >= 4 is 15.9 Å². The van der Waals surface area contributed by atoms with Gasteiger partial charge in [0.2, 0.25) is 15.9 Å². The lowest BCUT2D eigenvalue weighted by atomic mass is 10.1. The van der Waals surface area contributed by atoms with Crippen LogP contribution >= 0.6 is 0 Å². The molecule has 0 aromatic rings. The zero-order valence-corrected chi connectivity index (χ0v) is 12.3. The van der Waals surface area contributed by atoms with E-state index in [9.17, 15) is 18.3 Å². The van der Waals surface area contributed by atoms with Gasteiger partial charge in [0.25, 0.3) is 0 Å². The summed E-state index contributed by atoms with van der Waals surface area (Å²) in [4.78, 5) is 11.6. The topological polar surface area (TPSA) is 95.5 Å². The van der Waals surface area contributed by atoms with Crippen LogP contribution in [0.4, 0.5) is 0 Å². The highest BCUT2D eigenvalue weighted by molar-refractivity contribution is 7.89. The van der Waals surface area contributed by atoms with Crippen LogP contribution in [0.3, 0.4) is 0 Å². The lowest BCUT2D eigenvalue weighted by Crippen LogP contribution is -2.47. The van der Waals surface area contributed by atoms with E-state index < -0.39 is 28.1 Å². The second-order valence-electron chi connectivity index (χ2n) is 4.71. The molecule has 18 heavy (non-hydrogen) atoms. The summed E-state index contributed by atoms with van der Waals surface area (Å²) in [5.41, 5.74) is 0. The minimum Gasteiger partial charge on any atom is -0.391 e. The first-order valence-corrected chi connectivity index (χ1v) is 7.80. The quantitative estimate of drug-likeness (QED) is 0.575. The van der Waals surface area contributed by atoms with Crippen molar-refractivity contribution in [2.24, 2.45) is 5.92 Å². The number of carbonyl (C=O) groups excluding carboxylic acids is 1. The second kappa shape index (κ2) is 7.70. The Bertz CT molecular complexity index is 354. The predicted molar refractivity (Wildman–Crippen MR) is 70.5 cm³/mol. The second-order valence-corrected chi connectivity index (χ2v) is 6.59. The Morgan fingerprint density at radius 3 is 2.28 bits per heavy atom. The van der Waals surface area contributed by atoms with Gasteiger partial charge >= 0.3 is 0 Å². The lowest BCUT2D eigenvalue weighted by molar-refractivity contribution is -0.122. The molecule has 0 aromatic carbocycles. The van der Waals surface area contributed by atoms with Crippen molar-refractivity contribution in [2.75, 3.05) is 12.3 Å². The summed E-state index contributed by atoms with van der Waals surface area (Å²) in [6.45, 7) is 7.03. The van der Waals surface area contributed by atoms with E-state index in [4.69, 9.17) is 0 Å². The van der Waals surface area contributed by atoms with Gasteiger partial charge in [0.1, 0.15) is 0 Å². The predicted octanol–water partition coefficient (Wildman–Crippen LogP) is -0.163. The molecule has 0 aliphatic heterocycles. The molecule has 3 N–H and O–H groups in total. The van der Waals surface area contributed by atoms with Crippen molar-refractivity contribution in [3.63, 3.8) is 0 Å². The van der Waals surface area contributed by atoms with Gasteiger partial charge in [-0.15, -0.1) is 0 Å². The Balaban J connectivity index is 4.20. The summed E-state index contributed by atoms with van der Waals surface area (Å²) in [7, 11) is -3.40. The van der Waals surface area contributed by atoms with E-state index in [-0.39, 0.29) is 18.2 Å². The zero-order chi connectivity index (χ0) is 14.3. The van der Waals surface area contributed by atoms with Crippen LogP contribution in [0, 0.1) is 5.92 Å². The third kappa shape index (κ3) is 6.93. The maximum absolute atomic E-state index is 11.6. The number of amides is 1. The molecule has 0 saturated heterocycles. The minimum absolute atomic E-state index is 0.000755. The summed E-state index contributed by atoms with van der Waals surface area (Å²) in [6.07, 6.45) is -0.135. The van der Waals surface area contributed by atoms with Crippen LogP contribution in [0.15, 0.2) is 0 Å². The molecule has 0 saturated carbocycles. The van der Waals surface area contributed by atoms with E-state index in [2.05, 4.69) is 10.0 Å². The molecular formula is C11H24N2O4S. The number of rotatable bonds is 8. The van der Waals surface area contributed by atoms with E-state index in [1.165, 1.54) is 6.92 Å². The van der Waals surface area contributed by atoms with Crippen molar-refractivity contribution in [2.45, 2.75) is 46.3 Å². The summed E-state index contributed by atoms with van der Waals surface area (Å²) in [6, 6.07) is -0.832. The monoisotopic (exact) mass is 280 g/mol. The van der Waals surface area contributed by atoms with Gasteiger partial charge in [-0.25, -0.2) is 13.1 Å². The average Bonchev–Trinajstić information content (AvgIpc) is 2.24. The minimum atomic E-state index is -3.40. The first kappa shape index (κ1) is 17.3. The number of aliphatic hydroxyl groups is 1. The van der Waals surface area contributed by atoms with Crippen LogP contribution in [0.5, 0.6) is 0 Å². The Kier molecular flexibility index (Phi) is 7.42. The molecule has 2 unspecified atom stereocenters. The fourth-order valence-corrected chi connectivity index (χ4v) is 2.55. The van der Waals surface area contributed by atoms with Crippen LogP contribution < -0.4 is 10.0 Å². The molecular weight excluding hydrogens is 256 g/mol. The molecule has 0 fully saturated rings. The largest absolute Gasteiger partial charge is 0.391 e. The van der Waals surface area contributed by atoms with Gasteiger partial charge in [0.05, 0.1) is 17.9 Å². The molecule has 0 spiro atoms. The highest BCUT2D eigenvalue weighted by atomic mass is 32.2. The van der Waals surface area contributed by atoms with E-state index in [0.717, 1.165) is 0 Å². The smallest absolute Gasteiger partial charge is 0.237 e. The van der Waals surface area contributed by atoms with Crippen LogP contribution in [0.25, 0.3) is 0 Å². The molecule has 0 rings (SSSR count). The third-order valence-electron chi connectivity index (χ3n) is 2.48. The molecule has 7 heteroatoms. The Hall–Kier alpha value is -0.660. The Labute approximate surface area is 109 Å². The normalized spacial score (nSPS) is 15.4. The van der Waals surface area contributed by atoms with Crippen LogP contribution in [0.2, 0.25) is 0 Å². The molecule has 0 aliphatic carbocycles. The molecule has 0 heterocycles. The molecule has 1 amide bonds. The SMILES string of the molecule is CCCS(=O)(=O)NC(C)C(=O)NCC(O)C(C)C. The summed E-state index contributed by atoms with van der Waals surface area (Å²) in [5.74, 6) is -0.397. The summed E-state index contributed by atoms with van der Waals surface area (Å²) >= 11 is 0. The average molecular weight is 280 g/mol. The summed E-state index contributed by atoms with van der Waals surface area (Å²) < 4.78 is 25.2. The number of hydrogen-bond donors (Lipinski definition) is 3. The number of nitrogens with one attached hydrogen (secondary N) is 2. The van der Waals surface area contributed by atoms with Crippen molar-refractivity contribution in [1.82, 2.24) is 10.0 Å². The first-order chi connectivity index (χ1) is 8.19. The fourth-order valence-electron chi connectivity index (χ4n) is 1.24. The van der Waals surface area contributed by atoms with Crippen LogP contribution in [0.1, 0.15) is 34.1 Å². The van der Waals surface area contributed by atoms with Crippen molar-refractivity contribution in [3.05, 3.63) is 0 Å². The van der Waals surface area contributed by atoms with Gasteiger partial charge in [0, 0.05) is 6.54 Å². The van der Waals surface area contributed by atoms with Gasteiger partial charge in [-0.05, 0) is 19.3 Å². The molecule has 6 nitrogen and oxygen atoms in total. The number of hydrogen-bond acceptors (Lipinski definition) is 4. The molecule has 108 valence electrons. The number of sulfonamides is 1. The molecule has 0 radical (unpaired) electrons. The van der Waals surface area contributed by atoms with Crippen molar-refractivity contribution in [3.8, 4) is 0 Å². The van der Waals surface area contributed by atoms with Crippen LogP contribution in [-0.4, -0.2) is 43.9 Å². The highest BCUT2D eigenvalue weighted by Gasteiger charge is 2.20. The van der Waals surface area contributed by atoms with Crippen molar-refractivity contribution in [1.29, 1.82) is 0 Å². The van der Waals surface area contributed by atoms with E-state index in [1.54, 1.807) is 6.92 Å². The standard InChI is InChI=1S/C11H24N2O4S/c1-5-6-18(16,17)13-9(4)11(15)12-7-10(14)8(2)3/h8-10,13-14H,5-7H2,1-4H3,(H,12,15). The maximum Gasteiger partial charge on any atom is 0.237 e. The molecule has 2 atom stereocenters. The van der Waals surface area contributed by atoms with Gasteiger partial charge in [-0.2, -0.15) is 0 Å². The van der Waals surface area contributed by atoms with Gasteiger partial charge in [-0.3, -0.25) is 4.79 Å². The zero-order valence-electron chi connectivity index (χ0n) is 11.4. The molecule has 0 aromatic heterocycles. The first-order valence-electron chi connectivity index (χ1n) is 6.15. The van der Waals surface area contributed by atoms with E-state index >= 15 is 0 Å². The Morgan fingerprint density at radius 2 is 1.83 bits per heavy atom. The third-order valence-corrected chi connectivity index (χ3v) is 4.14. The van der Waals surface area contributed by atoms with E-state index in [1.807, 2.05) is 13.8 Å². The van der Waals surface area contributed by atoms with Gasteiger partial charge in [0.15, 0.2) is 0 Å². The van der Waals surface area contributed by atoms with Crippen LogP contribution in [-0.2, 0) is 14.8 Å². The highest BCUT2D eigenvalue weighted by Crippen LogP contribution is 1.99. The molecule has 0 aliphatic rings. The molecule has 0 bridgehead atoms. The maximum atomic E-state index is 11.6. The lowest BCUT2D eigenvalue weighted by Gasteiger charge is -2.18. The number of carbonyl (C=O) groups is 1. The van der Waals surface area contributed by atoms with Gasteiger partial charge in [-0.1, -0.05) is 20.8 Å². The number of aliphatic hydroxyl groups excluding tert-OH is 1. The Morgan fingerprint density at radius 1 is 1.28 bits per heavy atom. The van der Waals surface area contributed by atoms with E-state index in [0.29, 0.717) is 6.42 Å². The van der Waals surface area contributed by atoms with Gasteiger partial charge < -0.3 is 10.4 Å². The van der Waals surface area contributed by atoms with Crippen molar-refractivity contribution < 1.29 is 18.3 Å². The fraction of sp³-hybridized carbons (Fsp3) is 0.909. The summed E-state index contributed by atoms with van der Waals surface area (Å²) in [5, 5.41) is 12.0.